The average molecular weight is 248 g/mol. The predicted octanol–water partition coefficient (Wildman–Crippen LogP) is 2.33. The van der Waals surface area contributed by atoms with E-state index in [1.54, 1.807) is 11.3 Å². The fraction of sp³-hybridized carbons (Fsp3) is 0.462. The van der Waals surface area contributed by atoms with Gasteiger partial charge in [0.15, 0.2) is 0 Å². The smallest absolute Gasteiger partial charge is 0.113 e. The minimum Gasteiger partial charge on any atom is -0.394 e. The van der Waals surface area contributed by atoms with Crippen LogP contribution in [0, 0.1) is 5.92 Å². The molecule has 1 aliphatic carbocycles. The zero-order valence-corrected chi connectivity index (χ0v) is 10.4. The molecule has 4 heteroatoms. The maximum absolute atomic E-state index is 9.44. The van der Waals surface area contributed by atoms with Crippen molar-refractivity contribution in [3.63, 3.8) is 0 Å². The summed E-state index contributed by atoms with van der Waals surface area (Å²) in [4.78, 5) is 4.58. The summed E-state index contributed by atoms with van der Waals surface area (Å²) in [5, 5.41) is 13.8. The number of aliphatic hydroxyl groups excluding tert-OH is 1. The molecule has 0 radical (unpaired) electrons. The number of aliphatic hydroxyl groups is 1. The van der Waals surface area contributed by atoms with E-state index in [1.807, 2.05) is 18.2 Å². The van der Waals surface area contributed by atoms with Gasteiger partial charge in [0, 0.05) is 0 Å². The van der Waals surface area contributed by atoms with Crippen LogP contribution in [-0.2, 0) is 0 Å². The molecule has 2 aromatic rings. The molecule has 1 aromatic carbocycles. The van der Waals surface area contributed by atoms with Crippen LogP contribution in [0.25, 0.3) is 10.2 Å². The van der Waals surface area contributed by atoms with Gasteiger partial charge in [0.05, 0.1) is 22.9 Å². The van der Waals surface area contributed by atoms with Crippen molar-refractivity contribution in [2.45, 2.75) is 18.9 Å². The van der Waals surface area contributed by atoms with Crippen molar-refractivity contribution < 1.29 is 5.11 Å². The van der Waals surface area contributed by atoms with Crippen molar-refractivity contribution in [1.29, 1.82) is 0 Å². The number of fused-ring (bicyclic) bond motifs is 1. The Hall–Kier alpha value is -0.970. The number of nitrogens with zero attached hydrogens (tertiary/aromatic N) is 1. The van der Waals surface area contributed by atoms with Crippen LogP contribution in [0.3, 0.4) is 0 Å². The summed E-state index contributed by atoms with van der Waals surface area (Å²) in [6, 6.07) is 8.11. The highest BCUT2D eigenvalue weighted by Gasteiger charge is 2.23. The Labute approximate surface area is 105 Å². The maximum atomic E-state index is 9.44. The number of benzene rings is 1. The van der Waals surface area contributed by atoms with Crippen molar-refractivity contribution >= 4 is 21.6 Å². The summed E-state index contributed by atoms with van der Waals surface area (Å²) in [5.74, 6) is 0.818. The van der Waals surface area contributed by atoms with E-state index >= 15 is 0 Å². The van der Waals surface area contributed by atoms with E-state index in [2.05, 4.69) is 16.4 Å². The van der Waals surface area contributed by atoms with Gasteiger partial charge in [-0.25, -0.2) is 4.98 Å². The third kappa shape index (κ3) is 2.49. The summed E-state index contributed by atoms with van der Waals surface area (Å²) in [6.45, 7) is 1.12. The van der Waals surface area contributed by atoms with Crippen LogP contribution in [0.1, 0.15) is 23.9 Å². The molecular weight excluding hydrogens is 232 g/mol. The topological polar surface area (TPSA) is 45.1 Å². The number of rotatable bonds is 5. The molecule has 0 bridgehead atoms. The molecule has 1 atom stereocenters. The van der Waals surface area contributed by atoms with Gasteiger partial charge in [-0.3, -0.25) is 0 Å². The Bertz CT molecular complexity index is 474. The standard InChI is InChI=1S/C13H16N2OS/c16-8-11(14-7-9-5-6-9)13-15-10-3-1-2-4-12(10)17-13/h1-4,9,11,14,16H,5-8H2. The summed E-state index contributed by atoms with van der Waals surface area (Å²) >= 11 is 1.67. The molecule has 1 aliphatic rings. The van der Waals surface area contributed by atoms with Crippen molar-refractivity contribution in [2.75, 3.05) is 13.2 Å². The molecule has 1 heterocycles. The molecule has 1 fully saturated rings. The number of nitrogens with one attached hydrogen (secondary N) is 1. The molecule has 3 nitrogen and oxygen atoms in total. The van der Waals surface area contributed by atoms with E-state index in [-0.39, 0.29) is 12.6 Å². The lowest BCUT2D eigenvalue weighted by Gasteiger charge is -2.12. The molecule has 0 amide bonds. The van der Waals surface area contributed by atoms with Gasteiger partial charge >= 0.3 is 0 Å². The van der Waals surface area contributed by atoms with E-state index < -0.39 is 0 Å². The van der Waals surface area contributed by atoms with Crippen LogP contribution >= 0.6 is 11.3 Å². The summed E-state index contributed by atoms with van der Waals surface area (Å²) in [7, 11) is 0. The second-order valence-corrected chi connectivity index (χ2v) is 5.67. The molecule has 0 spiro atoms. The highest BCUT2D eigenvalue weighted by Crippen LogP contribution is 2.30. The van der Waals surface area contributed by atoms with Crippen LogP contribution in [0.5, 0.6) is 0 Å². The Morgan fingerprint density at radius 1 is 1.41 bits per heavy atom. The first-order valence-electron chi connectivity index (χ1n) is 6.06. The van der Waals surface area contributed by atoms with E-state index in [0.29, 0.717) is 0 Å². The normalized spacial score (nSPS) is 17.5. The van der Waals surface area contributed by atoms with Gasteiger partial charge in [-0.2, -0.15) is 0 Å². The summed E-state index contributed by atoms with van der Waals surface area (Å²) in [6.07, 6.45) is 2.65. The number of aromatic nitrogens is 1. The van der Waals surface area contributed by atoms with Gasteiger partial charge in [0.2, 0.25) is 0 Å². The number of hydrogen-bond acceptors (Lipinski definition) is 4. The van der Waals surface area contributed by atoms with E-state index in [4.69, 9.17) is 0 Å². The van der Waals surface area contributed by atoms with Crippen LogP contribution in [0.2, 0.25) is 0 Å². The van der Waals surface area contributed by atoms with Gasteiger partial charge in [0.1, 0.15) is 5.01 Å². The molecule has 17 heavy (non-hydrogen) atoms. The van der Waals surface area contributed by atoms with E-state index in [9.17, 15) is 5.11 Å². The third-order valence-corrected chi connectivity index (χ3v) is 4.29. The maximum Gasteiger partial charge on any atom is 0.113 e. The van der Waals surface area contributed by atoms with Crippen LogP contribution in [-0.4, -0.2) is 23.2 Å². The Kier molecular flexibility index (Phi) is 3.09. The van der Waals surface area contributed by atoms with E-state index in [1.165, 1.54) is 17.5 Å². The lowest BCUT2D eigenvalue weighted by Crippen LogP contribution is -2.26. The monoisotopic (exact) mass is 248 g/mol. The SMILES string of the molecule is OCC(NCC1CC1)c1nc2ccccc2s1. The predicted molar refractivity (Wildman–Crippen MR) is 70.2 cm³/mol. The number of hydrogen-bond donors (Lipinski definition) is 2. The van der Waals surface area contributed by atoms with Gasteiger partial charge in [-0.15, -0.1) is 11.3 Å². The Morgan fingerprint density at radius 3 is 2.94 bits per heavy atom. The molecule has 3 rings (SSSR count). The van der Waals surface area contributed by atoms with Crippen molar-refractivity contribution in [1.82, 2.24) is 10.3 Å². The highest BCUT2D eigenvalue weighted by atomic mass is 32.1. The molecular formula is C13H16N2OS. The molecule has 1 saturated carbocycles. The highest BCUT2D eigenvalue weighted by molar-refractivity contribution is 7.18. The van der Waals surface area contributed by atoms with E-state index in [0.717, 1.165) is 23.0 Å². The zero-order chi connectivity index (χ0) is 11.7. The second kappa shape index (κ2) is 4.72. The molecule has 0 saturated heterocycles. The van der Waals surface area contributed by atoms with Crippen molar-refractivity contribution in [2.24, 2.45) is 5.92 Å². The largest absolute Gasteiger partial charge is 0.394 e. The van der Waals surface area contributed by atoms with Crippen LogP contribution in [0.4, 0.5) is 0 Å². The summed E-state index contributed by atoms with van der Waals surface area (Å²) < 4.78 is 1.19. The first kappa shape index (κ1) is 11.1. The molecule has 1 aromatic heterocycles. The van der Waals surface area contributed by atoms with Crippen LogP contribution < -0.4 is 5.32 Å². The molecule has 90 valence electrons. The second-order valence-electron chi connectivity index (χ2n) is 4.61. The van der Waals surface area contributed by atoms with Crippen molar-refractivity contribution in [3.05, 3.63) is 29.3 Å². The minimum atomic E-state index is -0.00648. The lowest BCUT2D eigenvalue weighted by atomic mass is 10.3. The minimum absolute atomic E-state index is 0.00648. The van der Waals surface area contributed by atoms with Gasteiger partial charge in [-0.1, -0.05) is 12.1 Å². The van der Waals surface area contributed by atoms with Gasteiger partial charge < -0.3 is 10.4 Å². The first-order valence-corrected chi connectivity index (χ1v) is 6.88. The van der Waals surface area contributed by atoms with Gasteiger partial charge in [0.25, 0.3) is 0 Å². The molecule has 2 N–H and O–H groups in total. The fourth-order valence-corrected chi connectivity index (χ4v) is 2.93. The molecule has 0 aliphatic heterocycles. The first-order chi connectivity index (χ1) is 8.36. The summed E-state index contributed by atoms with van der Waals surface area (Å²) in [5.41, 5.74) is 1.03. The van der Waals surface area contributed by atoms with Crippen molar-refractivity contribution in [3.8, 4) is 0 Å². The van der Waals surface area contributed by atoms with Crippen LogP contribution in [0.15, 0.2) is 24.3 Å². The number of para-hydroxylation sites is 1. The Morgan fingerprint density at radius 2 is 2.24 bits per heavy atom. The quantitative estimate of drug-likeness (QED) is 0.853. The Balaban J connectivity index is 1.78. The van der Waals surface area contributed by atoms with Gasteiger partial charge in [-0.05, 0) is 37.4 Å². The third-order valence-electron chi connectivity index (χ3n) is 3.14. The molecule has 1 unspecified atom stereocenters. The lowest BCUT2D eigenvalue weighted by molar-refractivity contribution is 0.243. The zero-order valence-electron chi connectivity index (χ0n) is 9.60. The fourth-order valence-electron chi connectivity index (χ4n) is 1.90. The number of thiazole rings is 1. The average Bonchev–Trinajstić information content (AvgIpc) is 3.08.